The van der Waals surface area contributed by atoms with Crippen LogP contribution in [0.3, 0.4) is 0 Å². The first-order valence-electron chi connectivity index (χ1n) is 6.34. The number of carbonyl (C=O) groups is 2. The molecule has 0 aliphatic rings. The number of hydrogen-bond donors (Lipinski definition) is 2. The molecule has 0 aliphatic heterocycles. The fraction of sp³-hybridized carbons (Fsp3) is 0.333. The minimum absolute atomic E-state index is 0.465. The Morgan fingerprint density at radius 2 is 2.05 bits per heavy atom. The molecule has 20 heavy (non-hydrogen) atoms. The Kier molecular flexibility index (Phi) is 5.77. The summed E-state index contributed by atoms with van der Waals surface area (Å²) in [6.07, 6.45) is 1.61. The van der Waals surface area contributed by atoms with Gasteiger partial charge >= 0.3 is 5.97 Å². The zero-order valence-corrected chi connectivity index (χ0v) is 11.6. The number of nitrogens with one attached hydrogen (secondary N) is 1. The van der Waals surface area contributed by atoms with Gasteiger partial charge in [0.2, 0.25) is 0 Å². The Hall–Kier alpha value is -2.30. The summed E-state index contributed by atoms with van der Waals surface area (Å²) < 4.78 is 5.59. The van der Waals surface area contributed by atoms with Gasteiger partial charge in [-0.1, -0.05) is 24.3 Å². The largest absolute Gasteiger partial charge is 0.481 e. The Labute approximate surface area is 118 Å². The van der Waals surface area contributed by atoms with Crippen molar-refractivity contribution in [3.63, 3.8) is 0 Å². The van der Waals surface area contributed by atoms with Crippen molar-refractivity contribution in [2.75, 3.05) is 0 Å². The zero-order valence-electron chi connectivity index (χ0n) is 11.6. The van der Waals surface area contributed by atoms with Gasteiger partial charge in [-0.05, 0) is 31.9 Å². The van der Waals surface area contributed by atoms with Crippen LogP contribution < -0.4 is 10.1 Å². The SMILES string of the molecule is C=CCc1ccccc1OC(C)C(=O)NC(C)C(=O)O. The van der Waals surface area contributed by atoms with Crippen LogP contribution in [0.5, 0.6) is 5.75 Å². The molecule has 108 valence electrons. The van der Waals surface area contributed by atoms with Crippen LogP contribution in [-0.4, -0.2) is 29.1 Å². The van der Waals surface area contributed by atoms with Crippen molar-refractivity contribution in [2.24, 2.45) is 0 Å². The minimum atomic E-state index is -1.09. The number of carbonyl (C=O) groups excluding carboxylic acids is 1. The van der Waals surface area contributed by atoms with E-state index in [1.165, 1.54) is 6.92 Å². The molecule has 0 radical (unpaired) electrons. The lowest BCUT2D eigenvalue weighted by Gasteiger charge is -2.18. The highest BCUT2D eigenvalue weighted by atomic mass is 16.5. The first-order valence-corrected chi connectivity index (χ1v) is 6.34. The van der Waals surface area contributed by atoms with E-state index in [2.05, 4.69) is 11.9 Å². The molecule has 2 unspecified atom stereocenters. The maximum Gasteiger partial charge on any atom is 0.325 e. The predicted molar refractivity (Wildman–Crippen MR) is 75.7 cm³/mol. The number of rotatable bonds is 7. The molecule has 0 saturated carbocycles. The van der Waals surface area contributed by atoms with Crippen LogP contribution in [-0.2, 0) is 16.0 Å². The number of amides is 1. The number of carboxylic acid groups (broad SMARTS) is 1. The van der Waals surface area contributed by atoms with Crippen molar-refractivity contribution in [2.45, 2.75) is 32.4 Å². The molecule has 0 fully saturated rings. The van der Waals surface area contributed by atoms with Crippen LogP contribution in [0.2, 0.25) is 0 Å². The topological polar surface area (TPSA) is 75.6 Å². The summed E-state index contributed by atoms with van der Waals surface area (Å²) in [6, 6.07) is 6.40. The lowest BCUT2D eigenvalue weighted by molar-refractivity contribution is -0.142. The molecule has 0 spiro atoms. The van der Waals surface area contributed by atoms with Crippen LogP contribution in [0, 0.1) is 0 Å². The normalized spacial score (nSPS) is 13.1. The van der Waals surface area contributed by atoms with Crippen LogP contribution in [0.4, 0.5) is 0 Å². The van der Waals surface area contributed by atoms with E-state index in [1.807, 2.05) is 18.2 Å². The lowest BCUT2D eigenvalue weighted by Crippen LogP contribution is -2.44. The lowest BCUT2D eigenvalue weighted by atomic mass is 10.1. The van der Waals surface area contributed by atoms with Gasteiger partial charge < -0.3 is 15.2 Å². The summed E-state index contributed by atoms with van der Waals surface area (Å²) >= 11 is 0. The second-order valence-corrected chi connectivity index (χ2v) is 4.43. The molecule has 0 aromatic heterocycles. The van der Waals surface area contributed by atoms with Gasteiger partial charge in [0.25, 0.3) is 5.91 Å². The molecule has 5 heteroatoms. The second-order valence-electron chi connectivity index (χ2n) is 4.43. The van der Waals surface area contributed by atoms with Crippen molar-refractivity contribution in [1.29, 1.82) is 0 Å². The molecule has 1 aromatic rings. The predicted octanol–water partition coefficient (Wildman–Crippen LogP) is 1.77. The summed E-state index contributed by atoms with van der Waals surface area (Å²) in [6.45, 7) is 6.65. The first kappa shape index (κ1) is 15.8. The monoisotopic (exact) mass is 277 g/mol. The third-order valence-corrected chi connectivity index (χ3v) is 2.74. The fourth-order valence-corrected chi connectivity index (χ4v) is 1.58. The maximum absolute atomic E-state index is 11.8. The number of para-hydroxylation sites is 1. The summed E-state index contributed by atoms with van der Waals surface area (Å²) in [7, 11) is 0. The Bertz CT molecular complexity index is 498. The molecule has 1 rings (SSSR count). The van der Waals surface area contributed by atoms with Gasteiger partial charge in [-0.3, -0.25) is 9.59 Å². The molecule has 5 nitrogen and oxygen atoms in total. The number of carboxylic acids is 1. The fourth-order valence-electron chi connectivity index (χ4n) is 1.58. The van der Waals surface area contributed by atoms with Crippen LogP contribution >= 0.6 is 0 Å². The van der Waals surface area contributed by atoms with Gasteiger partial charge in [0, 0.05) is 0 Å². The van der Waals surface area contributed by atoms with E-state index >= 15 is 0 Å². The van der Waals surface area contributed by atoms with E-state index in [-0.39, 0.29) is 0 Å². The van der Waals surface area contributed by atoms with Gasteiger partial charge in [-0.2, -0.15) is 0 Å². The second kappa shape index (κ2) is 7.33. The van der Waals surface area contributed by atoms with Crippen molar-refractivity contribution in [3.05, 3.63) is 42.5 Å². The van der Waals surface area contributed by atoms with E-state index in [0.717, 1.165) is 5.56 Å². The number of ether oxygens (including phenoxy) is 1. The molecule has 0 aliphatic carbocycles. The van der Waals surface area contributed by atoms with Gasteiger partial charge in [-0.25, -0.2) is 0 Å². The van der Waals surface area contributed by atoms with Crippen LogP contribution in [0.25, 0.3) is 0 Å². The van der Waals surface area contributed by atoms with E-state index in [0.29, 0.717) is 12.2 Å². The zero-order chi connectivity index (χ0) is 15.1. The standard InChI is InChI=1S/C15H19NO4/c1-4-7-12-8-5-6-9-13(12)20-11(3)14(17)16-10(2)15(18)19/h4-6,8-11H,1,7H2,2-3H3,(H,16,17)(H,18,19). The number of hydrogen-bond acceptors (Lipinski definition) is 3. The van der Waals surface area contributed by atoms with E-state index < -0.39 is 24.0 Å². The minimum Gasteiger partial charge on any atom is -0.481 e. The van der Waals surface area contributed by atoms with Gasteiger partial charge in [-0.15, -0.1) is 6.58 Å². The third kappa shape index (κ3) is 4.42. The quantitative estimate of drug-likeness (QED) is 0.745. The van der Waals surface area contributed by atoms with E-state index in [9.17, 15) is 9.59 Å². The molecule has 2 atom stereocenters. The highest BCUT2D eigenvalue weighted by Gasteiger charge is 2.20. The van der Waals surface area contributed by atoms with Crippen molar-refractivity contribution in [3.8, 4) is 5.75 Å². The number of allylic oxidation sites excluding steroid dienone is 1. The smallest absolute Gasteiger partial charge is 0.325 e. The van der Waals surface area contributed by atoms with Crippen molar-refractivity contribution >= 4 is 11.9 Å². The third-order valence-electron chi connectivity index (χ3n) is 2.74. The van der Waals surface area contributed by atoms with Gasteiger partial charge in [0.15, 0.2) is 6.10 Å². The highest BCUT2D eigenvalue weighted by Crippen LogP contribution is 2.20. The summed E-state index contributed by atoms with van der Waals surface area (Å²) in [5.41, 5.74) is 0.924. The van der Waals surface area contributed by atoms with Crippen LogP contribution in [0.15, 0.2) is 36.9 Å². The number of benzene rings is 1. The molecule has 2 N–H and O–H groups in total. The highest BCUT2D eigenvalue weighted by molar-refractivity contribution is 5.86. The molecule has 0 saturated heterocycles. The van der Waals surface area contributed by atoms with Gasteiger partial charge in [0.1, 0.15) is 11.8 Å². The van der Waals surface area contributed by atoms with E-state index in [4.69, 9.17) is 9.84 Å². The molecule has 0 heterocycles. The average molecular weight is 277 g/mol. The molecule has 1 amide bonds. The summed E-state index contributed by atoms with van der Waals surface area (Å²) in [4.78, 5) is 22.5. The summed E-state index contributed by atoms with van der Waals surface area (Å²) in [5, 5.41) is 11.1. The Morgan fingerprint density at radius 1 is 1.40 bits per heavy atom. The maximum atomic E-state index is 11.8. The molecular formula is C15H19NO4. The molecular weight excluding hydrogens is 258 g/mol. The Morgan fingerprint density at radius 3 is 2.65 bits per heavy atom. The summed E-state index contributed by atoms with van der Waals surface area (Å²) in [5.74, 6) is -0.955. The molecule has 0 bridgehead atoms. The average Bonchev–Trinajstić information content (AvgIpc) is 2.40. The van der Waals surface area contributed by atoms with Crippen molar-refractivity contribution < 1.29 is 19.4 Å². The van der Waals surface area contributed by atoms with Crippen molar-refractivity contribution in [1.82, 2.24) is 5.32 Å². The molecule has 1 aromatic carbocycles. The van der Waals surface area contributed by atoms with Gasteiger partial charge in [0.05, 0.1) is 0 Å². The first-order chi connectivity index (χ1) is 9.45. The van der Waals surface area contributed by atoms with E-state index in [1.54, 1.807) is 19.1 Å². The Balaban J connectivity index is 2.70. The number of aliphatic carboxylic acids is 1. The van der Waals surface area contributed by atoms with Crippen LogP contribution in [0.1, 0.15) is 19.4 Å².